The van der Waals surface area contributed by atoms with E-state index in [0.29, 0.717) is 55.5 Å². The predicted molar refractivity (Wildman–Crippen MR) is 133 cm³/mol. The molecule has 204 valence electrons. The molecule has 2 aromatic carbocycles. The number of rotatable bonds is 10. The molecule has 0 spiro atoms. The Kier molecular flexibility index (Phi) is 10.1. The SMILES string of the molecule is C[C@@H](O)CCNCc1ccc(C(=O)Nc2ccc(Cl)cc2N2CCN(CCC(F)(F)F)CC2)c(F)c1F. The third kappa shape index (κ3) is 8.53. The molecular weight excluding hydrogens is 519 g/mol. The molecule has 6 nitrogen and oxygen atoms in total. The van der Waals surface area contributed by atoms with Crippen LogP contribution in [0.15, 0.2) is 30.3 Å². The number of hydrogen-bond acceptors (Lipinski definition) is 5. The van der Waals surface area contributed by atoms with E-state index in [1.54, 1.807) is 30.0 Å². The number of carbonyl (C=O) groups excluding carboxylic acids is 1. The number of aliphatic hydroxyl groups excluding tert-OH is 1. The van der Waals surface area contributed by atoms with Crippen molar-refractivity contribution in [3.05, 3.63) is 58.1 Å². The number of nitrogens with one attached hydrogen (secondary N) is 2. The summed E-state index contributed by atoms with van der Waals surface area (Å²) < 4.78 is 66.9. The minimum Gasteiger partial charge on any atom is -0.393 e. The Morgan fingerprint density at radius 2 is 1.81 bits per heavy atom. The molecule has 1 heterocycles. The van der Waals surface area contributed by atoms with Crippen molar-refractivity contribution in [2.24, 2.45) is 0 Å². The Bertz CT molecular complexity index is 1080. The van der Waals surface area contributed by atoms with Gasteiger partial charge in [-0.05, 0) is 44.2 Å². The number of aliphatic hydroxyl groups is 1. The average Bonchev–Trinajstić information content (AvgIpc) is 2.84. The van der Waals surface area contributed by atoms with Crippen molar-refractivity contribution in [2.75, 3.05) is 49.5 Å². The van der Waals surface area contributed by atoms with Crippen LogP contribution in [0.25, 0.3) is 0 Å². The van der Waals surface area contributed by atoms with Gasteiger partial charge >= 0.3 is 6.18 Å². The van der Waals surface area contributed by atoms with Crippen LogP contribution in [-0.4, -0.2) is 67.5 Å². The molecular formula is C25H30ClF5N4O2. The van der Waals surface area contributed by atoms with Crippen LogP contribution in [0.1, 0.15) is 35.7 Å². The third-order valence-corrected chi connectivity index (χ3v) is 6.33. The minimum absolute atomic E-state index is 0.0354. The molecule has 1 amide bonds. The van der Waals surface area contributed by atoms with Gasteiger partial charge in [0.15, 0.2) is 11.6 Å². The Labute approximate surface area is 217 Å². The van der Waals surface area contributed by atoms with Crippen molar-refractivity contribution in [2.45, 2.75) is 38.6 Å². The summed E-state index contributed by atoms with van der Waals surface area (Å²) in [6.45, 7) is 3.57. The smallest absolute Gasteiger partial charge is 0.390 e. The van der Waals surface area contributed by atoms with Gasteiger partial charge in [0.25, 0.3) is 5.91 Å². The minimum atomic E-state index is -4.22. The largest absolute Gasteiger partial charge is 0.393 e. The summed E-state index contributed by atoms with van der Waals surface area (Å²) in [7, 11) is 0. The van der Waals surface area contributed by atoms with Gasteiger partial charge in [-0.1, -0.05) is 17.7 Å². The van der Waals surface area contributed by atoms with Crippen molar-refractivity contribution >= 4 is 28.9 Å². The van der Waals surface area contributed by atoms with Gasteiger partial charge in [0, 0.05) is 49.9 Å². The highest BCUT2D eigenvalue weighted by Gasteiger charge is 2.29. The molecule has 3 N–H and O–H groups in total. The summed E-state index contributed by atoms with van der Waals surface area (Å²) in [4.78, 5) is 16.5. The standard InChI is InChI=1S/C25H30ClF5N4O2/c1-16(36)6-8-32-15-17-2-4-19(23(28)22(17)27)24(37)33-20-5-3-18(26)14-21(20)35-12-10-34(11-13-35)9-7-25(29,30)31/h2-5,14,16,32,36H,6-13,15H2,1H3,(H,33,37)/t16-/m1/s1. The lowest BCUT2D eigenvalue weighted by molar-refractivity contribution is -0.138. The lowest BCUT2D eigenvalue weighted by atomic mass is 10.1. The highest BCUT2D eigenvalue weighted by molar-refractivity contribution is 6.31. The maximum Gasteiger partial charge on any atom is 0.390 e. The van der Waals surface area contributed by atoms with Gasteiger partial charge in [0.1, 0.15) is 0 Å². The van der Waals surface area contributed by atoms with Gasteiger partial charge in [0.2, 0.25) is 0 Å². The van der Waals surface area contributed by atoms with Gasteiger partial charge in [-0.15, -0.1) is 0 Å². The fourth-order valence-electron chi connectivity index (χ4n) is 3.99. The number of alkyl halides is 3. The molecule has 1 saturated heterocycles. The van der Waals surface area contributed by atoms with Crippen LogP contribution in [0.3, 0.4) is 0 Å². The molecule has 0 aromatic heterocycles. The second-order valence-corrected chi connectivity index (χ2v) is 9.46. The topological polar surface area (TPSA) is 67.8 Å². The fourth-order valence-corrected chi connectivity index (χ4v) is 4.16. The van der Waals surface area contributed by atoms with E-state index in [0.717, 1.165) is 0 Å². The average molecular weight is 549 g/mol. The molecule has 3 rings (SSSR count). The van der Waals surface area contributed by atoms with E-state index in [1.165, 1.54) is 12.1 Å². The second-order valence-electron chi connectivity index (χ2n) is 9.02. The quantitative estimate of drug-likeness (QED) is 0.294. The van der Waals surface area contributed by atoms with Gasteiger partial charge in [-0.2, -0.15) is 13.2 Å². The zero-order valence-corrected chi connectivity index (χ0v) is 21.1. The van der Waals surface area contributed by atoms with Crippen LogP contribution in [0.5, 0.6) is 0 Å². The zero-order valence-electron chi connectivity index (χ0n) is 20.3. The van der Waals surface area contributed by atoms with Gasteiger partial charge in [0.05, 0.1) is 29.5 Å². The Morgan fingerprint density at radius 3 is 2.46 bits per heavy atom. The Balaban J connectivity index is 1.67. The van der Waals surface area contributed by atoms with Crippen LogP contribution in [0, 0.1) is 11.6 Å². The third-order valence-electron chi connectivity index (χ3n) is 6.09. The van der Waals surface area contributed by atoms with E-state index in [4.69, 9.17) is 11.6 Å². The molecule has 2 aromatic rings. The number of benzene rings is 2. The molecule has 0 saturated carbocycles. The first kappa shape index (κ1) is 29.1. The molecule has 0 aliphatic carbocycles. The number of halogens is 6. The van der Waals surface area contributed by atoms with Gasteiger partial charge in [-0.3, -0.25) is 9.69 Å². The Morgan fingerprint density at radius 1 is 1.11 bits per heavy atom. The first-order valence-electron chi connectivity index (χ1n) is 11.9. The number of piperazine rings is 1. The van der Waals surface area contributed by atoms with E-state index in [1.807, 2.05) is 4.90 Å². The summed E-state index contributed by atoms with van der Waals surface area (Å²) in [6.07, 6.45) is -5.17. The maximum absolute atomic E-state index is 14.8. The molecule has 0 bridgehead atoms. The van der Waals surface area contributed by atoms with Crippen molar-refractivity contribution in [3.63, 3.8) is 0 Å². The normalized spacial score (nSPS) is 15.6. The zero-order chi connectivity index (χ0) is 27.2. The fraction of sp³-hybridized carbons (Fsp3) is 0.480. The number of amides is 1. The van der Waals surface area contributed by atoms with Gasteiger partial charge < -0.3 is 20.6 Å². The first-order valence-corrected chi connectivity index (χ1v) is 12.3. The van der Waals surface area contributed by atoms with E-state index < -0.39 is 41.8 Å². The highest BCUT2D eigenvalue weighted by atomic mass is 35.5. The molecule has 0 radical (unpaired) electrons. The maximum atomic E-state index is 14.8. The van der Waals surface area contributed by atoms with E-state index >= 15 is 0 Å². The molecule has 1 fully saturated rings. The molecule has 37 heavy (non-hydrogen) atoms. The molecule has 12 heteroatoms. The van der Waals surface area contributed by atoms with Crippen molar-refractivity contribution in [1.82, 2.24) is 10.2 Å². The summed E-state index contributed by atoms with van der Waals surface area (Å²) in [5.41, 5.74) is 0.441. The van der Waals surface area contributed by atoms with Crippen molar-refractivity contribution in [3.8, 4) is 0 Å². The number of nitrogens with zero attached hydrogens (tertiary/aromatic N) is 2. The monoisotopic (exact) mass is 548 g/mol. The van der Waals surface area contributed by atoms with Crippen LogP contribution >= 0.6 is 11.6 Å². The highest BCUT2D eigenvalue weighted by Crippen LogP contribution is 2.31. The first-order chi connectivity index (χ1) is 17.4. The summed E-state index contributed by atoms with van der Waals surface area (Å²) in [6, 6.07) is 7.22. The number of hydrogen-bond donors (Lipinski definition) is 3. The predicted octanol–water partition coefficient (Wildman–Crippen LogP) is 4.81. The van der Waals surface area contributed by atoms with Crippen LogP contribution < -0.4 is 15.5 Å². The molecule has 1 aliphatic heterocycles. The van der Waals surface area contributed by atoms with Crippen molar-refractivity contribution < 1.29 is 31.9 Å². The Hall–Kier alpha value is -2.47. The van der Waals surface area contributed by atoms with E-state index in [9.17, 15) is 31.9 Å². The summed E-state index contributed by atoms with van der Waals surface area (Å²) >= 11 is 6.15. The number of anilines is 2. The lowest BCUT2D eigenvalue weighted by Crippen LogP contribution is -2.47. The van der Waals surface area contributed by atoms with Crippen LogP contribution in [0.2, 0.25) is 5.02 Å². The van der Waals surface area contributed by atoms with Crippen molar-refractivity contribution in [1.29, 1.82) is 0 Å². The second kappa shape index (κ2) is 12.9. The summed E-state index contributed by atoms with van der Waals surface area (Å²) in [5, 5.41) is 15.2. The van der Waals surface area contributed by atoms with Crippen LogP contribution in [0.4, 0.5) is 33.3 Å². The number of carbonyl (C=O) groups is 1. The molecule has 0 unspecified atom stereocenters. The van der Waals surface area contributed by atoms with Crippen LogP contribution in [-0.2, 0) is 6.54 Å². The summed E-state index contributed by atoms with van der Waals surface area (Å²) in [5.74, 6) is -3.26. The van der Waals surface area contributed by atoms with E-state index in [-0.39, 0.29) is 18.7 Å². The van der Waals surface area contributed by atoms with Gasteiger partial charge in [-0.25, -0.2) is 8.78 Å². The lowest BCUT2D eigenvalue weighted by Gasteiger charge is -2.37. The molecule has 1 aliphatic rings. The van der Waals surface area contributed by atoms with E-state index in [2.05, 4.69) is 10.6 Å². The molecule has 1 atom stereocenters.